The number of fused-ring (bicyclic) bond motifs is 3. The standard InChI is InChI=1S/C23H19NO4/c25-13-16(12-15-8-10-17(11-9-15)23(26)27)14-28-21-7-3-5-19-18-4-1-2-6-20(18)24-22(19)21/h1-12,24-25H,13-14H2,(H,26,27). The molecule has 140 valence electrons. The van der Waals surface area contributed by atoms with Gasteiger partial charge in [-0.05, 0) is 35.4 Å². The van der Waals surface area contributed by atoms with Gasteiger partial charge in [0.2, 0.25) is 0 Å². The van der Waals surface area contributed by atoms with Gasteiger partial charge in [-0.15, -0.1) is 0 Å². The second-order valence-electron chi connectivity index (χ2n) is 6.53. The number of hydrogen-bond acceptors (Lipinski definition) is 3. The maximum Gasteiger partial charge on any atom is 0.335 e. The quantitative estimate of drug-likeness (QED) is 0.466. The fourth-order valence-corrected chi connectivity index (χ4v) is 3.23. The SMILES string of the molecule is O=C(O)c1ccc(C=C(CO)COc2cccc3c2[nH]c2ccccc23)cc1. The van der Waals surface area contributed by atoms with E-state index in [-0.39, 0.29) is 18.8 Å². The lowest BCUT2D eigenvalue weighted by atomic mass is 10.1. The summed E-state index contributed by atoms with van der Waals surface area (Å²) in [4.78, 5) is 14.3. The second kappa shape index (κ2) is 7.58. The number of rotatable bonds is 6. The van der Waals surface area contributed by atoms with Gasteiger partial charge in [0.1, 0.15) is 12.4 Å². The van der Waals surface area contributed by atoms with E-state index in [1.54, 1.807) is 18.2 Å². The van der Waals surface area contributed by atoms with Crippen molar-refractivity contribution in [3.8, 4) is 5.75 Å². The van der Waals surface area contributed by atoms with Gasteiger partial charge in [-0.3, -0.25) is 0 Å². The average molecular weight is 373 g/mol. The molecule has 0 spiro atoms. The Hall–Kier alpha value is -3.57. The first kappa shape index (κ1) is 17.8. The van der Waals surface area contributed by atoms with Crippen molar-refractivity contribution in [3.63, 3.8) is 0 Å². The van der Waals surface area contributed by atoms with Crippen LogP contribution in [0.3, 0.4) is 0 Å². The Morgan fingerprint density at radius 3 is 2.46 bits per heavy atom. The normalized spacial score (nSPS) is 11.8. The summed E-state index contributed by atoms with van der Waals surface area (Å²) < 4.78 is 5.98. The van der Waals surface area contributed by atoms with Gasteiger partial charge < -0.3 is 19.9 Å². The molecule has 0 aliphatic carbocycles. The topological polar surface area (TPSA) is 82.6 Å². The van der Waals surface area contributed by atoms with Crippen LogP contribution < -0.4 is 4.74 Å². The van der Waals surface area contributed by atoms with Crippen molar-refractivity contribution in [1.82, 2.24) is 4.98 Å². The Morgan fingerprint density at radius 2 is 1.71 bits per heavy atom. The van der Waals surface area contributed by atoms with Crippen molar-refractivity contribution in [1.29, 1.82) is 0 Å². The number of aromatic nitrogens is 1. The van der Waals surface area contributed by atoms with Gasteiger partial charge in [0, 0.05) is 16.3 Å². The van der Waals surface area contributed by atoms with E-state index in [0.29, 0.717) is 11.3 Å². The van der Waals surface area contributed by atoms with Crippen LogP contribution >= 0.6 is 0 Å². The predicted octanol–water partition coefficient (Wildman–Crippen LogP) is 4.47. The molecule has 28 heavy (non-hydrogen) atoms. The van der Waals surface area contributed by atoms with Crippen LogP contribution in [0.5, 0.6) is 5.75 Å². The van der Waals surface area contributed by atoms with Crippen LogP contribution in [0.1, 0.15) is 15.9 Å². The lowest BCUT2D eigenvalue weighted by Crippen LogP contribution is -2.05. The fraction of sp³-hybridized carbons (Fsp3) is 0.0870. The molecule has 1 aromatic heterocycles. The number of para-hydroxylation sites is 2. The third-order valence-corrected chi connectivity index (χ3v) is 4.65. The summed E-state index contributed by atoms with van der Waals surface area (Å²) in [5, 5.41) is 20.9. The Balaban J connectivity index is 1.58. The highest BCUT2D eigenvalue weighted by Crippen LogP contribution is 2.31. The van der Waals surface area contributed by atoms with Gasteiger partial charge in [0.05, 0.1) is 17.7 Å². The zero-order valence-electron chi connectivity index (χ0n) is 15.1. The van der Waals surface area contributed by atoms with Gasteiger partial charge in [-0.25, -0.2) is 4.79 Å². The van der Waals surface area contributed by atoms with E-state index in [1.807, 2.05) is 36.4 Å². The zero-order chi connectivity index (χ0) is 19.5. The number of aliphatic hydroxyl groups is 1. The molecular weight excluding hydrogens is 354 g/mol. The van der Waals surface area contributed by atoms with Gasteiger partial charge >= 0.3 is 5.97 Å². The first-order chi connectivity index (χ1) is 13.7. The number of carbonyl (C=O) groups is 1. The van der Waals surface area contributed by atoms with Crippen molar-refractivity contribution in [2.24, 2.45) is 0 Å². The van der Waals surface area contributed by atoms with E-state index >= 15 is 0 Å². The summed E-state index contributed by atoms with van der Waals surface area (Å²) in [6, 6.07) is 20.5. The first-order valence-corrected chi connectivity index (χ1v) is 8.91. The Labute approximate surface area is 161 Å². The summed E-state index contributed by atoms with van der Waals surface area (Å²) in [7, 11) is 0. The van der Waals surface area contributed by atoms with Crippen LogP contribution in [0.15, 0.2) is 72.3 Å². The summed E-state index contributed by atoms with van der Waals surface area (Å²) in [5.74, 6) is -0.248. The predicted molar refractivity (Wildman–Crippen MR) is 110 cm³/mol. The van der Waals surface area contributed by atoms with Crippen LogP contribution in [-0.4, -0.2) is 34.4 Å². The van der Waals surface area contributed by atoms with Crippen LogP contribution in [-0.2, 0) is 0 Å². The largest absolute Gasteiger partial charge is 0.487 e. The first-order valence-electron chi connectivity index (χ1n) is 8.91. The number of nitrogens with one attached hydrogen (secondary N) is 1. The van der Waals surface area contributed by atoms with Crippen molar-refractivity contribution >= 4 is 33.9 Å². The van der Waals surface area contributed by atoms with E-state index in [2.05, 4.69) is 11.1 Å². The number of benzene rings is 3. The molecule has 4 rings (SSSR count). The maximum absolute atomic E-state index is 10.9. The van der Waals surface area contributed by atoms with Crippen molar-refractivity contribution in [2.45, 2.75) is 0 Å². The molecule has 0 unspecified atom stereocenters. The van der Waals surface area contributed by atoms with Crippen LogP contribution in [0.4, 0.5) is 0 Å². The van der Waals surface area contributed by atoms with Gasteiger partial charge in [-0.2, -0.15) is 0 Å². The molecule has 0 aliphatic heterocycles. The van der Waals surface area contributed by atoms with Crippen LogP contribution in [0.2, 0.25) is 0 Å². The molecule has 0 atom stereocenters. The molecule has 0 fully saturated rings. The van der Waals surface area contributed by atoms with E-state index in [4.69, 9.17) is 9.84 Å². The minimum atomic E-state index is -0.965. The van der Waals surface area contributed by atoms with Gasteiger partial charge in [0.15, 0.2) is 0 Å². The summed E-state index contributed by atoms with van der Waals surface area (Å²) in [6.45, 7) is 0.0784. The van der Waals surface area contributed by atoms with Crippen molar-refractivity contribution in [2.75, 3.05) is 13.2 Å². The maximum atomic E-state index is 10.9. The minimum absolute atomic E-state index is 0.149. The van der Waals surface area contributed by atoms with Gasteiger partial charge in [0.25, 0.3) is 0 Å². The number of aromatic carboxylic acids is 1. The Bertz CT molecular complexity index is 1170. The Morgan fingerprint density at radius 1 is 0.964 bits per heavy atom. The zero-order valence-corrected chi connectivity index (χ0v) is 15.1. The number of ether oxygens (including phenoxy) is 1. The average Bonchev–Trinajstić information content (AvgIpc) is 3.11. The molecule has 0 saturated carbocycles. The number of carboxylic acid groups (broad SMARTS) is 1. The molecule has 4 aromatic rings. The highest BCUT2D eigenvalue weighted by atomic mass is 16.5. The molecule has 0 bridgehead atoms. The van der Waals surface area contributed by atoms with E-state index in [9.17, 15) is 9.90 Å². The molecule has 0 radical (unpaired) electrons. The molecule has 5 nitrogen and oxygen atoms in total. The molecule has 3 aromatic carbocycles. The van der Waals surface area contributed by atoms with E-state index in [0.717, 1.165) is 27.4 Å². The number of aliphatic hydroxyl groups excluding tert-OH is 1. The monoisotopic (exact) mass is 373 g/mol. The number of H-pyrrole nitrogens is 1. The summed E-state index contributed by atoms with van der Waals surface area (Å²) in [5.41, 5.74) is 3.69. The number of carboxylic acids is 1. The third-order valence-electron chi connectivity index (χ3n) is 4.65. The third kappa shape index (κ3) is 3.48. The molecule has 0 saturated heterocycles. The van der Waals surface area contributed by atoms with Crippen LogP contribution in [0, 0.1) is 0 Å². The van der Waals surface area contributed by atoms with Crippen LogP contribution in [0.25, 0.3) is 27.9 Å². The van der Waals surface area contributed by atoms with Gasteiger partial charge in [-0.1, -0.05) is 48.5 Å². The molecule has 1 heterocycles. The second-order valence-corrected chi connectivity index (χ2v) is 6.53. The smallest absolute Gasteiger partial charge is 0.335 e. The van der Waals surface area contributed by atoms with Crippen molar-refractivity contribution < 1.29 is 19.7 Å². The summed E-state index contributed by atoms with van der Waals surface area (Å²) >= 11 is 0. The molecule has 3 N–H and O–H groups in total. The Kier molecular flexibility index (Phi) is 4.83. The highest BCUT2D eigenvalue weighted by Gasteiger charge is 2.09. The summed E-state index contributed by atoms with van der Waals surface area (Å²) in [6.07, 6.45) is 1.80. The minimum Gasteiger partial charge on any atom is -0.487 e. The lowest BCUT2D eigenvalue weighted by molar-refractivity contribution is 0.0697. The fourth-order valence-electron chi connectivity index (χ4n) is 3.23. The highest BCUT2D eigenvalue weighted by molar-refractivity contribution is 6.09. The molecule has 5 heteroatoms. The molecule has 0 aliphatic rings. The molecular formula is C23H19NO4. The van der Waals surface area contributed by atoms with E-state index in [1.165, 1.54) is 12.1 Å². The van der Waals surface area contributed by atoms with Crippen molar-refractivity contribution in [3.05, 3.63) is 83.4 Å². The lowest BCUT2D eigenvalue weighted by Gasteiger charge is -2.09. The molecule has 0 amide bonds. The number of hydrogen-bond donors (Lipinski definition) is 3. The number of aromatic amines is 1. The van der Waals surface area contributed by atoms with E-state index < -0.39 is 5.97 Å².